The number of amides is 1. The van der Waals surface area contributed by atoms with Crippen molar-refractivity contribution in [3.05, 3.63) is 42.2 Å². The fraction of sp³-hybridized carbons (Fsp3) is 0.308. The summed E-state index contributed by atoms with van der Waals surface area (Å²) in [6.45, 7) is 3.83. The Morgan fingerprint density at radius 3 is 2.58 bits per heavy atom. The average molecular weight is 273 g/mol. The maximum Gasteiger partial charge on any atom is 0.419 e. The van der Waals surface area contributed by atoms with Crippen LogP contribution in [-0.2, 0) is 11.0 Å². The molecule has 0 aliphatic carbocycles. The smallest absolute Gasteiger partial charge is 0.312 e. The molecule has 1 saturated heterocycles. The second kappa shape index (κ2) is 4.68. The Kier molecular flexibility index (Phi) is 3.34. The maximum atomic E-state index is 13.2. The topological polar surface area (TPSA) is 20.3 Å². The van der Waals surface area contributed by atoms with E-state index in [1.807, 2.05) is 0 Å². The van der Waals surface area contributed by atoms with Gasteiger partial charge in [0, 0.05) is 24.6 Å². The zero-order chi connectivity index (χ0) is 14.2. The molecule has 1 fully saturated rings. The van der Waals surface area contributed by atoms with Crippen LogP contribution in [0.25, 0.3) is 0 Å². The first kappa shape index (κ1) is 13.6. The Morgan fingerprint density at radius 2 is 2.05 bits per heavy atom. The summed E-state index contributed by atoms with van der Waals surface area (Å²) in [6.07, 6.45) is -2.98. The van der Waals surface area contributed by atoms with Crippen LogP contribution in [0.3, 0.4) is 0 Å². The van der Waals surface area contributed by atoms with Crippen LogP contribution >= 0.6 is 0 Å². The van der Waals surface area contributed by atoms with Crippen molar-refractivity contribution in [2.75, 3.05) is 11.4 Å². The van der Waals surface area contributed by atoms with E-state index >= 15 is 0 Å². The number of nitrogens with zero attached hydrogens (tertiary/aromatic N) is 1. The van der Waals surface area contributed by atoms with Gasteiger partial charge in [-0.05, 0) is 18.2 Å². The van der Waals surface area contributed by atoms with Crippen molar-refractivity contribution in [2.45, 2.75) is 12.6 Å². The van der Waals surface area contributed by atoms with E-state index in [1.165, 1.54) is 11.0 Å². The summed E-state index contributed by atoms with van der Waals surface area (Å²) in [5.41, 5.74) is -1.30. The molecule has 1 aromatic carbocycles. The molecular weight excluding hydrogens is 262 g/mol. The molecule has 6 heteroatoms. The molecule has 1 aliphatic rings. The SMILES string of the molecule is C=CC1CC(=O)N(c2ccc(F)c(C(F)(F)F)c2)C1. The summed E-state index contributed by atoms with van der Waals surface area (Å²) in [5, 5.41) is 0. The van der Waals surface area contributed by atoms with E-state index in [9.17, 15) is 22.4 Å². The highest BCUT2D eigenvalue weighted by Gasteiger charge is 2.36. The van der Waals surface area contributed by atoms with Crippen LogP contribution in [0, 0.1) is 11.7 Å². The molecule has 1 amide bonds. The summed E-state index contributed by atoms with van der Waals surface area (Å²) in [7, 11) is 0. The Bertz CT molecular complexity index is 524. The van der Waals surface area contributed by atoms with Gasteiger partial charge in [0.1, 0.15) is 5.82 Å². The Labute approximate surface area is 107 Å². The normalized spacial score (nSPS) is 19.9. The number of carbonyl (C=O) groups is 1. The monoisotopic (exact) mass is 273 g/mol. The average Bonchev–Trinajstić information content (AvgIpc) is 2.70. The Morgan fingerprint density at radius 1 is 1.37 bits per heavy atom. The Balaban J connectivity index is 2.37. The van der Waals surface area contributed by atoms with Gasteiger partial charge in [0.2, 0.25) is 5.91 Å². The molecule has 2 rings (SSSR count). The van der Waals surface area contributed by atoms with Gasteiger partial charge < -0.3 is 4.90 Å². The van der Waals surface area contributed by atoms with Crippen LogP contribution in [0.4, 0.5) is 23.2 Å². The highest BCUT2D eigenvalue weighted by atomic mass is 19.4. The minimum atomic E-state index is -4.78. The number of benzene rings is 1. The molecule has 1 aliphatic heterocycles. The molecular formula is C13H11F4NO. The number of anilines is 1. The number of alkyl halides is 3. The molecule has 1 aromatic rings. The van der Waals surface area contributed by atoms with Crippen molar-refractivity contribution in [2.24, 2.45) is 5.92 Å². The molecule has 0 N–H and O–H groups in total. The van der Waals surface area contributed by atoms with Crippen LogP contribution in [0.5, 0.6) is 0 Å². The lowest BCUT2D eigenvalue weighted by Crippen LogP contribution is -2.25. The predicted molar refractivity (Wildman–Crippen MR) is 62.1 cm³/mol. The lowest BCUT2D eigenvalue weighted by atomic mass is 10.1. The van der Waals surface area contributed by atoms with E-state index in [0.717, 1.165) is 6.07 Å². The first-order valence-corrected chi connectivity index (χ1v) is 5.62. The minimum absolute atomic E-state index is 0.0584. The van der Waals surface area contributed by atoms with Crippen molar-refractivity contribution in [1.29, 1.82) is 0 Å². The zero-order valence-corrected chi connectivity index (χ0v) is 9.88. The van der Waals surface area contributed by atoms with Crippen LogP contribution in [0.2, 0.25) is 0 Å². The number of carbonyl (C=O) groups excluding carboxylic acids is 1. The number of halogens is 4. The third kappa shape index (κ3) is 2.62. The largest absolute Gasteiger partial charge is 0.419 e. The first-order chi connectivity index (χ1) is 8.82. The van der Waals surface area contributed by atoms with E-state index in [-0.39, 0.29) is 30.5 Å². The molecule has 19 heavy (non-hydrogen) atoms. The number of hydrogen-bond acceptors (Lipinski definition) is 1. The molecule has 0 saturated carbocycles. The van der Waals surface area contributed by atoms with Gasteiger partial charge in [-0.2, -0.15) is 13.2 Å². The van der Waals surface area contributed by atoms with Gasteiger partial charge >= 0.3 is 6.18 Å². The van der Waals surface area contributed by atoms with Crippen LogP contribution in [0.1, 0.15) is 12.0 Å². The van der Waals surface area contributed by atoms with Gasteiger partial charge in [-0.1, -0.05) is 6.08 Å². The zero-order valence-electron chi connectivity index (χ0n) is 9.88. The van der Waals surface area contributed by atoms with Gasteiger partial charge in [0.25, 0.3) is 0 Å². The highest BCUT2D eigenvalue weighted by Crippen LogP contribution is 2.35. The second-order valence-electron chi connectivity index (χ2n) is 4.37. The molecule has 1 heterocycles. The molecule has 0 spiro atoms. The number of rotatable bonds is 2. The molecule has 0 bridgehead atoms. The van der Waals surface area contributed by atoms with E-state index in [0.29, 0.717) is 6.07 Å². The van der Waals surface area contributed by atoms with E-state index < -0.39 is 17.6 Å². The van der Waals surface area contributed by atoms with E-state index in [2.05, 4.69) is 6.58 Å². The van der Waals surface area contributed by atoms with Crippen molar-refractivity contribution < 1.29 is 22.4 Å². The van der Waals surface area contributed by atoms with Crippen LogP contribution in [-0.4, -0.2) is 12.5 Å². The minimum Gasteiger partial charge on any atom is -0.312 e. The molecule has 102 valence electrons. The summed E-state index contributed by atoms with van der Waals surface area (Å²) < 4.78 is 50.9. The van der Waals surface area contributed by atoms with Crippen LogP contribution in [0.15, 0.2) is 30.9 Å². The van der Waals surface area contributed by atoms with Crippen LogP contribution < -0.4 is 4.90 Å². The molecule has 0 aromatic heterocycles. The first-order valence-electron chi connectivity index (χ1n) is 5.62. The Hall–Kier alpha value is -1.85. The highest BCUT2D eigenvalue weighted by molar-refractivity contribution is 5.96. The molecule has 0 radical (unpaired) electrons. The fourth-order valence-electron chi connectivity index (χ4n) is 2.04. The molecule has 1 unspecified atom stereocenters. The van der Waals surface area contributed by atoms with Gasteiger partial charge in [0.05, 0.1) is 5.56 Å². The van der Waals surface area contributed by atoms with Crippen molar-refractivity contribution in [1.82, 2.24) is 0 Å². The molecule has 2 nitrogen and oxygen atoms in total. The maximum absolute atomic E-state index is 13.2. The van der Waals surface area contributed by atoms with Gasteiger partial charge in [-0.25, -0.2) is 4.39 Å². The van der Waals surface area contributed by atoms with Crippen molar-refractivity contribution in [3.8, 4) is 0 Å². The predicted octanol–water partition coefficient (Wildman–Crippen LogP) is 3.38. The summed E-state index contributed by atoms with van der Waals surface area (Å²) in [5.74, 6) is -1.72. The van der Waals surface area contributed by atoms with Crippen molar-refractivity contribution in [3.63, 3.8) is 0 Å². The quantitative estimate of drug-likeness (QED) is 0.597. The number of hydrogen-bond donors (Lipinski definition) is 0. The van der Waals surface area contributed by atoms with Crippen molar-refractivity contribution >= 4 is 11.6 Å². The van der Waals surface area contributed by atoms with Gasteiger partial charge in [-0.3, -0.25) is 4.79 Å². The third-order valence-electron chi connectivity index (χ3n) is 3.06. The lowest BCUT2D eigenvalue weighted by molar-refractivity contribution is -0.140. The summed E-state index contributed by atoms with van der Waals surface area (Å²) in [6, 6.07) is 2.57. The summed E-state index contributed by atoms with van der Waals surface area (Å²) in [4.78, 5) is 12.9. The lowest BCUT2D eigenvalue weighted by Gasteiger charge is -2.18. The van der Waals surface area contributed by atoms with Gasteiger partial charge in [0.15, 0.2) is 0 Å². The van der Waals surface area contributed by atoms with E-state index in [4.69, 9.17) is 0 Å². The third-order valence-corrected chi connectivity index (χ3v) is 3.06. The van der Waals surface area contributed by atoms with Gasteiger partial charge in [-0.15, -0.1) is 6.58 Å². The standard InChI is InChI=1S/C13H11F4NO/c1-2-8-5-12(19)18(7-8)9-3-4-11(14)10(6-9)13(15,16)17/h2-4,6,8H,1,5,7H2. The fourth-order valence-corrected chi connectivity index (χ4v) is 2.04. The summed E-state index contributed by atoms with van der Waals surface area (Å²) >= 11 is 0. The van der Waals surface area contributed by atoms with E-state index in [1.54, 1.807) is 6.08 Å². The second-order valence-corrected chi connectivity index (χ2v) is 4.37. The molecule has 1 atom stereocenters.